The third-order valence-electron chi connectivity index (χ3n) is 9.07. The first-order valence-corrected chi connectivity index (χ1v) is 20.4. The molecule has 0 radical (unpaired) electrons. The molecule has 292 valence electrons. The molecule has 0 aromatic rings. The largest absolute Gasteiger partial charge is 0.477 e. The van der Waals surface area contributed by atoms with Crippen molar-refractivity contribution in [2.24, 2.45) is 0 Å². The van der Waals surface area contributed by atoms with Gasteiger partial charge in [0.05, 0.1) is 34.4 Å². The molecule has 0 saturated heterocycles. The van der Waals surface area contributed by atoms with Crippen LogP contribution >= 0.6 is 0 Å². The maximum atomic E-state index is 12.6. The highest BCUT2D eigenvalue weighted by Crippen LogP contribution is 2.13. The number of ether oxygens (including phenoxy) is 3. The van der Waals surface area contributed by atoms with Crippen LogP contribution in [0, 0.1) is 0 Å². The number of carboxylic acids is 1. The van der Waals surface area contributed by atoms with E-state index in [0.29, 0.717) is 19.3 Å². The quantitative estimate of drug-likeness (QED) is 0.0299. The first-order valence-electron chi connectivity index (χ1n) is 20.4. The highest BCUT2D eigenvalue weighted by Gasteiger charge is 2.31. The lowest BCUT2D eigenvalue weighted by Gasteiger charge is -2.31. The van der Waals surface area contributed by atoms with Crippen molar-refractivity contribution in [2.45, 2.75) is 187 Å². The molecule has 0 heterocycles. The summed E-state index contributed by atoms with van der Waals surface area (Å²) < 4.78 is 17.2. The number of esters is 2. The van der Waals surface area contributed by atoms with Crippen LogP contribution in [0.4, 0.5) is 0 Å². The van der Waals surface area contributed by atoms with Gasteiger partial charge in [0.1, 0.15) is 6.61 Å². The lowest BCUT2D eigenvalue weighted by Crippen LogP contribution is -2.50. The van der Waals surface area contributed by atoms with Gasteiger partial charge in [-0.15, -0.1) is 0 Å². The Morgan fingerprint density at radius 3 is 1.50 bits per heavy atom. The van der Waals surface area contributed by atoms with Crippen LogP contribution in [-0.2, 0) is 28.6 Å². The van der Waals surface area contributed by atoms with Crippen LogP contribution in [0.25, 0.3) is 0 Å². The van der Waals surface area contributed by atoms with E-state index in [1.54, 1.807) is 0 Å². The van der Waals surface area contributed by atoms with E-state index in [0.717, 1.165) is 64.2 Å². The number of aliphatic carboxylic acids is 1. The van der Waals surface area contributed by atoms with Crippen molar-refractivity contribution in [3.63, 3.8) is 0 Å². The van der Waals surface area contributed by atoms with Crippen LogP contribution in [0.3, 0.4) is 0 Å². The molecule has 8 nitrogen and oxygen atoms in total. The smallest absolute Gasteiger partial charge is 0.362 e. The van der Waals surface area contributed by atoms with E-state index in [2.05, 4.69) is 38.2 Å². The van der Waals surface area contributed by atoms with Crippen molar-refractivity contribution in [1.29, 1.82) is 0 Å². The summed E-state index contributed by atoms with van der Waals surface area (Å²) in [6.45, 7) is 4.66. The van der Waals surface area contributed by atoms with E-state index < -0.39 is 18.1 Å². The van der Waals surface area contributed by atoms with Gasteiger partial charge in [0.2, 0.25) is 0 Å². The number of hydrogen-bond acceptors (Lipinski definition) is 6. The van der Waals surface area contributed by atoms with Gasteiger partial charge in [0, 0.05) is 19.3 Å². The fraction of sp³-hybridized carbons (Fsp3) is 0.833. The Balaban J connectivity index is 4.36. The molecule has 0 aliphatic carbocycles. The van der Waals surface area contributed by atoms with Gasteiger partial charge in [-0.25, -0.2) is 4.79 Å². The molecule has 0 bridgehead atoms. The van der Waals surface area contributed by atoms with Gasteiger partial charge in [0.15, 0.2) is 12.1 Å². The van der Waals surface area contributed by atoms with Gasteiger partial charge >= 0.3 is 17.9 Å². The molecule has 8 heteroatoms. The molecule has 0 aromatic heterocycles. The molecule has 0 fully saturated rings. The van der Waals surface area contributed by atoms with E-state index in [1.807, 2.05) is 21.1 Å². The Bertz CT molecular complexity index is 880. The summed E-state index contributed by atoms with van der Waals surface area (Å²) >= 11 is 0. The number of quaternary nitrogens is 1. The van der Waals surface area contributed by atoms with Crippen LogP contribution in [0.1, 0.15) is 174 Å². The van der Waals surface area contributed by atoms with E-state index in [1.165, 1.54) is 77.0 Å². The Kier molecular flexibility index (Phi) is 32.4. The molecule has 2 atom stereocenters. The normalized spacial score (nSPS) is 13.2. The van der Waals surface area contributed by atoms with Gasteiger partial charge in [-0.2, -0.15) is 0 Å². The predicted octanol–water partition coefficient (Wildman–Crippen LogP) is 10.5. The summed E-state index contributed by atoms with van der Waals surface area (Å²) in [5, 5.41) is 9.58. The van der Waals surface area contributed by atoms with Crippen LogP contribution in [-0.4, -0.2) is 80.6 Å². The second-order valence-corrected chi connectivity index (χ2v) is 14.9. The number of carbonyl (C=O) groups excluding carboxylic acids is 2. The maximum absolute atomic E-state index is 12.6. The van der Waals surface area contributed by atoms with Gasteiger partial charge in [-0.3, -0.25) is 9.59 Å². The van der Waals surface area contributed by atoms with Crippen LogP contribution in [0.5, 0.6) is 0 Å². The van der Waals surface area contributed by atoms with E-state index in [4.69, 9.17) is 14.2 Å². The SMILES string of the molecule is CCCC/C=C/CCCCCCC(=O)OC(COCCC(C(=O)O)[N+](C)(C)C)COC(=O)CCCCCCC/C=C/CCCCCCCCC. The fourth-order valence-electron chi connectivity index (χ4n) is 5.83. The number of rotatable bonds is 36. The zero-order valence-corrected chi connectivity index (χ0v) is 33.1. The highest BCUT2D eigenvalue weighted by molar-refractivity contribution is 5.72. The highest BCUT2D eigenvalue weighted by atomic mass is 16.6. The summed E-state index contributed by atoms with van der Waals surface area (Å²) in [4.78, 5) is 36.8. The molecule has 0 aromatic carbocycles. The van der Waals surface area contributed by atoms with Gasteiger partial charge in [0.25, 0.3) is 0 Å². The third-order valence-corrected chi connectivity index (χ3v) is 9.07. The first kappa shape index (κ1) is 47.8. The van der Waals surface area contributed by atoms with Crippen molar-refractivity contribution in [3.8, 4) is 0 Å². The standard InChI is InChI=1S/C42H77NO7/c1-6-8-10-12-14-16-18-19-20-21-22-23-25-26-28-30-32-40(44)49-37-38(36-48-35-34-39(42(46)47)43(3,4)5)50-41(45)33-31-29-27-24-17-15-13-11-9-7-2/h13,15,20-21,38-39H,6-12,14,16-19,22-37H2,1-5H3/p+1/b15-13+,21-20+. The van der Waals surface area contributed by atoms with E-state index in [9.17, 15) is 19.5 Å². The van der Waals surface area contributed by atoms with Crippen LogP contribution in [0.2, 0.25) is 0 Å². The Morgan fingerprint density at radius 1 is 0.580 bits per heavy atom. The molecular weight excluding hydrogens is 630 g/mol. The van der Waals surface area contributed by atoms with Gasteiger partial charge < -0.3 is 23.8 Å². The van der Waals surface area contributed by atoms with Crippen molar-refractivity contribution >= 4 is 17.9 Å². The first-order chi connectivity index (χ1) is 24.1. The summed E-state index contributed by atoms with van der Waals surface area (Å²) in [5.74, 6) is -1.49. The topological polar surface area (TPSA) is 99.1 Å². The zero-order chi connectivity index (χ0) is 37.1. The molecule has 50 heavy (non-hydrogen) atoms. The molecule has 2 unspecified atom stereocenters. The summed E-state index contributed by atoms with van der Waals surface area (Å²) in [6, 6.07) is -0.614. The molecule has 0 rings (SSSR count). The summed E-state index contributed by atoms with van der Waals surface area (Å²) in [5.41, 5.74) is 0. The maximum Gasteiger partial charge on any atom is 0.362 e. The average molecular weight is 709 g/mol. The van der Waals surface area contributed by atoms with Crippen molar-refractivity contribution < 1.29 is 38.2 Å². The monoisotopic (exact) mass is 709 g/mol. The molecule has 0 saturated carbocycles. The summed E-state index contributed by atoms with van der Waals surface area (Å²) in [7, 11) is 5.51. The third kappa shape index (κ3) is 31.8. The number of nitrogens with zero attached hydrogens (tertiary/aromatic N) is 1. The van der Waals surface area contributed by atoms with E-state index in [-0.39, 0.29) is 36.2 Å². The fourth-order valence-corrected chi connectivity index (χ4v) is 5.83. The van der Waals surface area contributed by atoms with Crippen LogP contribution in [0.15, 0.2) is 24.3 Å². The minimum Gasteiger partial charge on any atom is -0.477 e. The van der Waals surface area contributed by atoms with Crippen molar-refractivity contribution in [3.05, 3.63) is 24.3 Å². The number of carboxylic acid groups (broad SMARTS) is 1. The summed E-state index contributed by atoms with van der Waals surface area (Å²) in [6.07, 6.45) is 35.1. The second-order valence-electron chi connectivity index (χ2n) is 14.9. The molecular formula is C42H78NO7+. The Labute approximate surface area is 307 Å². The zero-order valence-electron chi connectivity index (χ0n) is 33.1. The van der Waals surface area contributed by atoms with Crippen molar-refractivity contribution in [1.82, 2.24) is 0 Å². The minimum atomic E-state index is -0.878. The number of unbranched alkanes of at least 4 members (excludes halogenated alkanes) is 18. The molecule has 1 N–H and O–H groups in total. The lowest BCUT2D eigenvalue weighted by molar-refractivity contribution is -0.887. The average Bonchev–Trinajstić information content (AvgIpc) is 3.06. The minimum absolute atomic E-state index is 0.0559. The number of carbonyl (C=O) groups is 3. The number of allylic oxidation sites excluding steroid dienone is 4. The second kappa shape index (κ2) is 33.9. The predicted molar refractivity (Wildman–Crippen MR) is 206 cm³/mol. The molecule has 0 spiro atoms. The lowest BCUT2D eigenvalue weighted by atomic mass is 10.1. The molecule has 0 amide bonds. The Hall–Kier alpha value is -2.19. The number of likely N-dealkylation sites (N-methyl/N-ethyl adjacent to an activating group) is 1. The van der Waals surface area contributed by atoms with Crippen molar-refractivity contribution in [2.75, 3.05) is 41.0 Å². The Morgan fingerprint density at radius 2 is 1.02 bits per heavy atom. The number of hydrogen-bond donors (Lipinski definition) is 1. The van der Waals surface area contributed by atoms with E-state index >= 15 is 0 Å². The molecule has 0 aliphatic rings. The molecule has 0 aliphatic heterocycles. The van der Waals surface area contributed by atoms with Gasteiger partial charge in [-0.05, 0) is 57.8 Å². The van der Waals surface area contributed by atoms with Crippen LogP contribution < -0.4 is 0 Å². The van der Waals surface area contributed by atoms with Gasteiger partial charge in [-0.1, -0.05) is 122 Å².